The van der Waals surface area contributed by atoms with Gasteiger partial charge in [-0.2, -0.15) is 0 Å². The predicted octanol–water partition coefficient (Wildman–Crippen LogP) is 1.72. The molecular formula is C13H14N3O5P. The monoisotopic (exact) mass is 323 g/mol. The van der Waals surface area contributed by atoms with E-state index in [0.29, 0.717) is 6.54 Å². The van der Waals surface area contributed by atoms with Crippen LogP contribution in [0.4, 0.5) is 16.3 Å². The van der Waals surface area contributed by atoms with E-state index in [1.165, 1.54) is 21.9 Å². The Bertz CT molecular complexity index is 622. The first-order valence-corrected chi connectivity index (χ1v) is 7.74. The van der Waals surface area contributed by atoms with Crippen LogP contribution in [0.1, 0.15) is 0 Å². The molecule has 2 heterocycles. The van der Waals surface area contributed by atoms with E-state index in [2.05, 4.69) is 5.16 Å². The van der Waals surface area contributed by atoms with Crippen molar-refractivity contribution in [3.8, 4) is 0 Å². The minimum Gasteiger partial charge on any atom is -0.442 e. The van der Waals surface area contributed by atoms with Crippen LogP contribution < -0.4 is 9.57 Å². The van der Waals surface area contributed by atoms with E-state index in [4.69, 9.17) is 9.26 Å². The highest BCUT2D eigenvalue weighted by molar-refractivity contribution is 7.47. The van der Waals surface area contributed by atoms with E-state index in [-0.39, 0.29) is 12.4 Å². The Labute approximate surface area is 127 Å². The molecule has 1 aromatic carbocycles. The highest BCUT2D eigenvalue weighted by Gasteiger charge is 2.35. The molecule has 0 radical (unpaired) electrons. The van der Waals surface area contributed by atoms with Gasteiger partial charge in [0.2, 0.25) is 0 Å². The molecule has 1 fully saturated rings. The van der Waals surface area contributed by atoms with E-state index >= 15 is 0 Å². The molecule has 1 amide bonds. The van der Waals surface area contributed by atoms with Gasteiger partial charge in [0.1, 0.15) is 12.4 Å². The van der Waals surface area contributed by atoms with Crippen molar-refractivity contribution in [2.45, 2.75) is 6.10 Å². The van der Waals surface area contributed by atoms with Gasteiger partial charge in [-0.25, -0.2) is 4.79 Å². The summed E-state index contributed by atoms with van der Waals surface area (Å²) in [5.41, 5.74) is 0.734. The summed E-state index contributed by atoms with van der Waals surface area (Å²) < 4.78 is 11.2. The molecular weight excluding hydrogens is 309 g/mol. The summed E-state index contributed by atoms with van der Waals surface area (Å²) in [6.07, 6.45) is 0.364. The van der Waals surface area contributed by atoms with E-state index in [1.54, 1.807) is 0 Å². The number of anilines is 2. The molecule has 22 heavy (non-hydrogen) atoms. The van der Waals surface area contributed by atoms with Gasteiger partial charge in [0.25, 0.3) is 8.53 Å². The van der Waals surface area contributed by atoms with Gasteiger partial charge in [-0.3, -0.25) is 9.57 Å². The third kappa shape index (κ3) is 3.04. The van der Waals surface area contributed by atoms with Crippen LogP contribution in [0.2, 0.25) is 0 Å². The Morgan fingerprint density at radius 3 is 2.73 bits per heavy atom. The van der Waals surface area contributed by atoms with Crippen LogP contribution in [0, 0.1) is 0 Å². The second kappa shape index (κ2) is 6.31. The standard InChI is InChI=1S/C13H14N3O5P/c17-13-15(10-4-2-1-3-5-10)8-11(21-13)9-16(22(18)19)12-6-7-20-14-12/h1-7,11,18-19H,8-9H2. The molecule has 1 aromatic heterocycles. The van der Waals surface area contributed by atoms with Gasteiger partial charge in [-0.1, -0.05) is 23.4 Å². The molecule has 8 nitrogen and oxygen atoms in total. The van der Waals surface area contributed by atoms with Crippen molar-refractivity contribution in [1.82, 2.24) is 5.16 Å². The van der Waals surface area contributed by atoms with Gasteiger partial charge in [-0.05, 0) is 12.1 Å². The number of para-hydroxylation sites is 1. The number of carbonyl (C=O) groups excluding carboxylic acids is 1. The highest BCUT2D eigenvalue weighted by Crippen LogP contribution is 2.35. The number of rotatable bonds is 5. The first kappa shape index (κ1) is 14.8. The van der Waals surface area contributed by atoms with Crippen LogP contribution in [-0.4, -0.2) is 40.2 Å². The minimum absolute atomic E-state index is 0.111. The zero-order chi connectivity index (χ0) is 15.5. The number of nitrogens with zero attached hydrogens (tertiary/aromatic N) is 3. The molecule has 1 aliphatic rings. The Morgan fingerprint density at radius 2 is 2.09 bits per heavy atom. The third-order valence-corrected chi connectivity index (χ3v) is 4.02. The summed E-state index contributed by atoms with van der Waals surface area (Å²) in [6, 6.07) is 10.7. The number of benzene rings is 1. The molecule has 0 saturated carbocycles. The van der Waals surface area contributed by atoms with Crippen molar-refractivity contribution in [2.75, 3.05) is 22.7 Å². The summed E-state index contributed by atoms with van der Waals surface area (Å²) in [5.74, 6) is 0.283. The molecule has 1 unspecified atom stereocenters. The number of carbonyl (C=O) groups is 1. The lowest BCUT2D eigenvalue weighted by Gasteiger charge is -2.23. The number of aromatic nitrogens is 1. The lowest BCUT2D eigenvalue weighted by atomic mass is 10.2. The zero-order valence-corrected chi connectivity index (χ0v) is 12.3. The molecule has 3 rings (SSSR count). The van der Waals surface area contributed by atoms with Crippen LogP contribution in [0.15, 0.2) is 47.2 Å². The molecule has 2 aromatic rings. The SMILES string of the molecule is O=C1OC(CN(c2ccon2)P(O)O)CN1c1ccccc1. The highest BCUT2D eigenvalue weighted by atomic mass is 31.2. The summed E-state index contributed by atoms with van der Waals surface area (Å²) in [6.45, 7) is 0.431. The van der Waals surface area contributed by atoms with E-state index in [9.17, 15) is 14.6 Å². The van der Waals surface area contributed by atoms with Crippen molar-refractivity contribution >= 4 is 26.1 Å². The topological polar surface area (TPSA) is 99.3 Å². The van der Waals surface area contributed by atoms with Crippen LogP contribution in [-0.2, 0) is 4.74 Å². The van der Waals surface area contributed by atoms with E-state index < -0.39 is 20.7 Å². The number of hydrogen-bond acceptors (Lipinski definition) is 7. The maximum absolute atomic E-state index is 12.0. The Hall–Kier alpha value is -2.15. The maximum atomic E-state index is 12.0. The quantitative estimate of drug-likeness (QED) is 0.808. The first-order chi connectivity index (χ1) is 10.6. The van der Waals surface area contributed by atoms with Gasteiger partial charge in [0.15, 0.2) is 5.82 Å². The molecule has 2 N–H and O–H groups in total. The second-order valence-electron chi connectivity index (χ2n) is 4.66. The van der Waals surface area contributed by atoms with Gasteiger partial charge < -0.3 is 19.0 Å². The van der Waals surface area contributed by atoms with Gasteiger partial charge >= 0.3 is 6.09 Å². The summed E-state index contributed by atoms with van der Waals surface area (Å²) in [4.78, 5) is 32.5. The molecule has 0 spiro atoms. The van der Waals surface area contributed by atoms with Crippen LogP contribution in [0.5, 0.6) is 0 Å². The van der Waals surface area contributed by atoms with Gasteiger partial charge in [0.05, 0.1) is 13.1 Å². The molecule has 1 atom stereocenters. The van der Waals surface area contributed by atoms with Gasteiger partial charge in [0, 0.05) is 11.8 Å². The van der Waals surface area contributed by atoms with E-state index in [1.807, 2.05) is 30.3 Å². The lowest BCUT2D eigenvalue weighted by molar-refractivity contribution is 0.145. The van der Waals surface area contributed by atoms with Crippen molar-refractivity contribution in [1.29, 1.82) is 0 Å². The van der Waals surface area contributed by atoms with Crippen LogP contribution >= 0.6 is 8.53 Å². The fourth-order valence-corrected chi connectivity index (χ4v) is 2.84. The van der Waals surface area contributed by atoms with Crippen molar-refractivity contribution < 1.29 is 23.8 Å². The van der Waals surface area contributed by atoms with Crippen molar-refractivity contribution in [2.24, 2.45) is 0 Å². The number of hydrogen-bond donors (Lipinski definition) is 2. The average molecular weight is 323 g/mol. The largest absolute Gasteiger partial charge is 0.442 e. The lowest BCUT2D eigenvalue weighted by Crippen LogP contribution is -2.32. The summed E-state index contributed by atoms with van der Waals surface area (Å²) in [7, 11) is -2.41. The average Bonchev–Trinajstić information content (AvgIpc) is 3.15. The Morgan fingerprint density at radius 1 is 1.32 bits per heavy atom. The number of cyclic esters (lactones) is 1. The van der Waals surface area contributed by atoms with Crippen molar-refractivity contribution in [3.63, 3.8) is 0 Å². The fourth-order valence-electron chi connectivity index (χ4n) is 2.23. The second-order valence-corrected chi connectivity index (χ2v) is 5.68. The normalized spacial score (nSPS) is 17.9. The smallest absolute Gasteiger partial charge is 0.414 e. The molecule has 0 aliphatic carbocycles. The maximum Gasteiger partial charge on any atom is 0.414 e. The summed E-state index contributed by atoms with van der Waals surface area (Å²) >= 11 is 0. The third-order valence-electron chi connectivity index (χ3n) is 3.22. The number of ether oxygens (including phenoxy) is 1. The van der Waals surface area contributed by atoms with Gasteiger partial charge in [-0.15, -0.1) is 0 Å². The van der Waals surface area contributed by atoms with Crippen LogP contribution in [0.25, 0.3) is 0 Å². The molecule has 0 bridgehead atoms. The first-order valence-electron chi connectivity index (χ1n) is 6.54. The van der Waals surface area contributed by atoms with E-state index in [0.717, 1.165) is 5.69 Å². The molecule has 1 saturated heterocycles. The van der Waals surface area contributed by atoms with Crippen LogP contribution in [0.3, 0.4) is 0 Å². The zero-order valence-electron chi connectivity index (χ0n) is 11.4. The predicted molar refractivity (Wildman–Crippen MR) is 79.3 cm³/mol. The Balaban J connectivity index is 1.70. The fraction of sp³-hybridized carbons (Fsp3) is 0.231. The molecule has 9 heteroatoms. The minimum atomic E-state index is -2.41. The molecule has 116 valence electrons. The van der Waals surface area contributed by atoms with Crippen molar-refractivity contribution in [3.05, 3.63) is 42.7 Å². The number of amides is 1. The summed E-state index contributed by atoms with van der Waals surface area (Å²) in [5, 5.41) is 3.67. The Kier molecular flexibility index (Phi) is 4.24. The molecule has 1 aliphatic heterocycles.